The van der Waals surface area contributed by atoms with Crippen LogP contribution in [0.4, 0.5) is 0 Å². The van der Waals surface area contributed by atoms with E-state index in [0.29, 0.717) is 15.6 Å². The summed E-state index contributed by atoms with van der Waals surface area (Å²) in [5.74, 6) is -0.379. The smallest absolute Gasteiger partial charge is 0.334 e. The van der Waals surface area contributed by atoms with Gasteiger partial charge in [-0.15, -0.1) is 0 Å². The number of hydrogen-bond acceptors (Lipinski definition) is 2. The molecule has 0 atom stereocenters. The van der Waals surface area contributed by atoms with Crippen LogP contribution in [0.3, 0.4) is 0 Å². The summed E-state index contributed by atoms with van der Waals surface area (Å²) in [6.07, 6.45) is 1.70. The molecule has 28 heavy (non-hydrogen) atoms. The molecule has 0 spiro atoms. The highest BCUT2D eigenvalue weighted by atomic mass is 35.5. The van der Waals surface area contributed by atoms with Gasteiger partial charge in [0, 0.05) is 15.6 Å². The van der Waals surface area contributed by atoms with E-state index in [4.69, 9.17) is 27.9 Å². The summed E-state index contributed by atoms with van der Waals surface area (Å²) in [4.78, 5) is 12.4. The first-order valence-electron chi connectivity index (χ1n) is 8.90. The summed E-state index contributed by atoms with van der Waals surface area (Å²) in [5.41, 5.74) is 5.55. The first-order chi connectivity index (χ1) is 13.5. The molecule has 0 saturated heterocycles. The van der Waals surface area contributed by atoms with Gasteiger partial charge < -0.3 is 4.74 Å². The molecule has 0 fully saturated rings. The van der Waals surface area contributed by atoms with E-state index in [0.717, 1.165) is 27.8 Å². The van der Waals surface area contributed by atoms with Gasteiger partial charge in [-0.2, -0.15) is 0 Å². The van der Waals surface area contributed by atoms with Gasteiger partial charge in [0.05, 0.1) is 0 Å². The fourth-order valence-corrected chi connectivity index (χ4v) is 3.40. The lowest BCUT2D eigenvalue weighted by molar-refractivity contribution is -0.140. The van der Waals surface area contributed by atoms with E-state index in [1.165, 1.54) is 0 Å². The molecule has 0 aromatic heterocycles. The Hall–Kier alpha value is -2.55. The van der Waals surface area contributed by atoms with Crippen molar-refractivity contribution in [1.29, 1.82) is 0 Å². The van der Waals surface area contributed by atoms with Crippen molar-refractivity contribution in [3.05, 3.63) is 99.0 Å². The molecular weight excluding hydrogens is 391 g/mol. The molecule has 0 heterocycles. The standard InChI is InChI=1S/C24H20Cl2O2/c1-16(13-19-11-12-21(25)14-23(19)26)24(27)28-15-20-9-6-10-22(17(20)2)18-7-4-3-5-8-18/h3-14H,15H2,1-2H3/b16-13+. The lowest BCUT2D eigenvalue weighted by Gasteiger charge is -2.12. The number of carbonyl (C=O) groups excluding carboxylic acids is 1. The molecule has 3 aromatic rings. The van der Waals surface area contributed by atoms with Crippen molar-refractivity contribution in [2.75, 3.05) is 0 Å². The maximum absolute atomic E-state index is 12.4. The average molecular weight is 411 g/mol. The van der Waals surface area contributed by atoms with Gasteiger partial charge in [-0.3, -0.25) is 0 Å². The summed E-state index contributed by atoms with van der Waals surface area (Å²) in [5, 5.41) is 1.04. The highest BCUT2D eigenvalue weighted by molar-refractivity contribution is 6.35. The van der Waals surface area contributed by atoms with Crippen LogP contribution in [0.5, 0.6) is 0 Å². The van der Waals surface area contributed by atoms with E-state index in [-0.39, 0.29) is 12.6 Å². The normalized spacial score (nSPS) is 11.4. The first kappa shape index (κ1) is 20.2. The van der Waals surface area contributed by atoms with Gasteiger partial charge in [0.2, 0.25) is 0 Å². The van der Waals surface area contributed by atoms with Crippen molar-refractivity contribution < 1.29 is 9.53 Å². The number of halogens is 2. The Balaban J connectivity index is 1.73. The number of esters is 1. The Bertz CT molecular complexity index is 1020. The minimum atomic E-state index is -0.379. The van der Waals surface area contributed by atoms with Gasteiger partial charge in [0.15, 0.2) is 0 Å². The van der Waals surface area contributed by atoms with Gasteiger partial charge in [0.25, 0.3) is 0 Å². The predicted octanol–water partition coefficient (Wildman–Crippen LogP) is 7.12. The van der Waals surface area contributed by atoms with E-state index in [1.54, 1.807) is 31.2 Å². The average Bonchev–Trinajstić information content (AvgIpc) is 2.69. The number of carbonyl (C=O) groups is 1. The molecule has 0 bridgehead atoms. The maximum Gasteiger partial charge on any atom is 0.334 e. The molecule has 0 aliphatic rings. The van der Waals surface area contributed by atoms with Crippen LogP contribution in [0.2, 0.25) is 10.0 Å². The Morgan fingerprint density at radius 2 is 1.75 bits per heavy atom. The second-order valence-corrected chi connectivity index (χ2v) is 7.37. The van der Waals surface area contributed by atoms with Crippen LogP contribution in [0.15, 0.2) is 72.3 Å². The quantitative estimate of drug-likeness (QED) is 0.330. The van der Waals surface area contributed by atoms with Crippen LogP contribution in [-0.4, -0.2) is 5.97 Å². The highest BCUT2D eigenvalue weighted by Gasteiger charge is 2.11. The van der Waals surface area contributed by atoms with Gasteiger partial charge in [-0.05, 0) is 59.9 Å². The number of rotatable bonds is 5. The summed E-state index contributed by atoms with van der Waals surface area (Å²) in [6, 6.07) is 21.3. The predicted molar refractivity (Wildman–Crippen MR) is 117 cm³/mol. The lowest BCUT2D eigenvalue weighted by Crippen LogP contribution is -2.07. The van der Waals surface area contributed by atoms with Crippen LogP contribution in [-0.2, 0) is 16.1 Å². The molecule has 0 radical (unpaired) electrons. The van der Waals surface area contributed by atoms with Crippen molar-refractivity contribution in [2.45, 2.75) is 20.5 Å². The van der Waals surface area contributed by atoms with E-state index in [9.17, 15) is 4.79 Å². The van der Waals surface area contributed by atoms with Crippen molar-refractivity contribution in [1.82, 2.24) is 0 Å². The monoisotopic (exact) mass is 410 g/mol. The van der Waals surface area contributed by atoms with Crippen LogP contribution in [0.1, 0.15) is 23.6 Å². The van der Waals surface area contributed by atoms with Crippen molar-refractivity contribution in [3.8, 4) is 11.1 Å². The Morgan fingerprint density at radius 3 is 2.46 bits per heavy atom. The Kier molecular flexibility index (Phi) is 6.56. The second-order valence-electron chi connectivity index (χ2n) is 6.53. The van der Waals surface area contributed by atoms with Gasteiger partial charge in [0.1, 0.15) is 6.61 Å². The third-order valence-electron chi connectivity index (χ3n) is 4.55. The molecule has 3 aromatic carbocycles. The van der Waals surface area contributed by atoms with E-state index in [2.05, 4.69) is 18.2 Å². The topological polar surface area (TPSA) is 26.3 Å². The molecule has 2 nitrogen and oxygen atoms in total. The number of ether oxygens (including phenoxy) is 1. The van der Waals surface area contributed by atoms with Gasteiger partial charge >= 0.3 is 5.97 Å². The third kappa shape index (κ3) is 4.83. The molecule has 4 heteroatoms. The fourth-order valence-electron chi connectivity index (χ4n) is 2.94. The third-order valence-corrected chi connectivity index (χ3v) is 5.11. The van der Waals surface area contributed by atoms with Crippen LogP contribution < -0.4 is 0 Å². The van der Waals surface area contributed by atoms with E-state index in [1.807, 2.05) is 37.3 Å². The zero-order chi connectivity index (χ0) is 20.1. The van der Waals surface area contributed by atoms with Crippen molar-refractivity contribution in [3.63, 3.8) is 0 Å². The molecule has 0 N–H and O–H groups in total. The summed E-state index contributed by atoms with van der Waals surface area (Å²) < 4.78 is 5.52. The fraction of sp³-hybridized carbons (Fsp3) is 0.125. The molecule has 3 rings (SSSR count). The molecule has 142 valence electrons. The maximum atomic E-state index is 12.4. The minimum absolute atomic E-state index is 0.213. The SMILES string of the molecule is C/C(=C\c1ccc(Cl)cc1Cl)C(=O)OCc1cccc(-c2ccccc2)c1C. The Labute approximate surface area is 175 Å². The Morgan fingerprint density at radius 1 is 1.00 bits per heavy atom. The first-order valence-corrected chi connectivity index (χ1v) is 9.65. The summed E-state index contributed by atoms with van der Waals surface area (Å²) in [7, 11) is 0. The minimum Gasteiger partial charge on any atom is -0.457 e. The largest absolute Gasteiger partial charge is 0.457 e. The molecule has 0 aliphatic carbocycles. The van der Waals surface area contributed by atoms with Crippen molar-refractivity contribution in [2.24, 2.45) is 0 Å². The molecule has 0 saturated carbocycles. The van der Waals surface area contributed by atoms with Crippen LogP contribution >= 0.6 is 23.2 Å². The molecule has 0 unspecified atom stereocenters. The second kappa shape index (κ2) is 9.09. The van der Waals surface area contributed by atoms with Crippen molar-refractivity contribution >= 4 is 35.2 Å². The highest BCUT2D eigenvalue weighted by Crippen LogP contribution is 2.26. The van der Waals surface area contributed by atoms with Gasteiger partial charge in [-0.1, -0.05) is 77.8 Å². The van der Waals surface area contributed by atoms with Gasteiger partial charge in [-0.25, -0.2) is 4.79 Å². The molecular formula is C24H20Cl2O2. The van der Waals surface area contributed by atoms with E-state index < -0.39 is 0 Å². The molecule has 0 aliphatic heterocycles. The zero-order valence-electron chi connectivity index (χ0n) is 15.7. The van der Waals surface area contributed by atoms with Crippen LogP contribution in [0.25, 0.3) is 17.2 Å². The lowest BCUT2D eigenvalue weighted by atomic mass is 9.97. The summed E-state index contributed by atoms with van der Waals surface area (Å²) >= 11 is 12.1. The zero-order valence-corrected chi connectivity index (χ0v) is 17.2. The number of benzene rings is 3. The number of hydrogen-bond donors (Lipinski definition) is 0. The van der Waals surface area contributed by atoms with Crippen LogP contribution in [0, 0.1) is 6.92 Å². The molecule has 0 amide bonds. The van der Waals surface area contributed by atoms with E-state index >= 15 is 0 Å². The summed E-state index contributed by atoms with van der Waals surface area (Å²) in [6.45, 7) is 3.97.